The topological polar surface area (TPSA) is 12.0 Å². The molecule has 2 heteroatoms. The van der Waals surface area contributed by atoms with E-state index in [1.165, 1.54) is 16.7 Å². The van der Waals surface area contributed by atoms with Gasteiger partial charge in [0.05, 0.1) is 0 Å². The summed E-state index contributed by atoms with van der Waals surface area (Å²) in [5, 5.41) is 3.47. The molecule has 1 aliphatic rings. The van der Waals surface area contributed by atoms with Gasteiger partial charge in [-0.2, -0.15) is 0 Å². The van der Waals surface area contributed by atoms with E-state index in [-0.39, 0.29) is 5.82 Å². The van der Waals surface area contributed by atoms with E-state index in [2.05, 4.69) is 29.6 Å². The Labute approximate surface area is 107 Å². The molecule has 3 rings (SSSR count). The highest BCUT2D eigenvalue weighted by Gasteiger charge is 2.17. The van der Waals surface area contributed by atoms with E-state index in [1.54, 1.807) is 12.1 Å². The first-order valence-corrected chi connectivity index (χ1v) is 6.36. The molecule has 1 aliphatic heterocycles. The van der Waals surface area contributed by atoms with Crippen molar-refractivity contribution in [3.05, 3.63) is 71.0 Å². The van der Waals surface area contributed by atoms with Crippen LogP contribution in [0.5, 0.6) is 0 Å². The van der Waals surface area contributed by atoms with Gasteiger partial charge in [-0.25, -0.2) is 4.39 Å². The zero-order chi connectivity index (χ0) is 12.4. The molecule has 1 nitrogen and oxygen atoms in total. The summed E-state index contributed by atoms with van der Waals surface area (Å²) in [6, 6.07) is 15.4. The molecule has 0 bridgehead atoms. The number of halogens is 1. The SMILES string of the molecule is Fc1ccc(C2CNCc3ccccc3C2)cc1. The van der Waals surface area contributed by atoms with Crippen molar-refractivity contribution in [1.82, 2.24) is 5.32 Å². The largest absolute Gasteiger partial charge is 0.312 e. The van der Waals surface area contributed by atoms with E-state index in [9.17, 15) is 4.39 Å². The molecule has 0 spiro atoms. The Morgan fingerprint density at radius 2 is 1.67 bits per heavy atom. The Hall–Kier alpha value is -1.67. The summed E-state index contributed by atoms with van der Waals surface area (Å²) in [5.74, 6) is 0.259. The molecule has 0 amide bonds. The van der Waals surface area contributed by atoms with E-state index in [4.69, 9.17) is 0 Å². The first-order valence-electron chi connectivity index (χ1n) is 6.36. The molecule has 0 fully saturated rings. The minimum Gasteiger partial charge on any atom is -0.312 e. The van der Waals surface area contributed by atoms with Crippen molar-refractivity contribution >= 4 is 0 Å². The summed E-state index contributed by atoms with van der Waals surface area (Å²) in [5.41, 5.74) is 3.99. The minimum atomic E-state index is -0.166. The van der Waals surface area contributed by atoms with Gasteiger partial charge in [0.1, 0.15) is 5.82 Å². The number of fused-ring (bicyclic) bond motifs is 1. The van der Waals surface area contributed by atoms with Gasteiger partial charge in [-0.05, 0) is 35.2 Å². The van der Waals surface area contributed by atoms with E-state index < -0.39 is 0 Å². The van der Waals surface area contributed by atoms with E-state index >= 15 is 0 Å². The van der Waals surface area contributed by atoms with Crippen LogP contribution in [0.2, 0.25) is 0 Å². The van der Waals surface area contributed by atoms with Crippen LogP contribution in [0.4, 0.5) is 4.39 Å². The van der Waals surface area contributed by atoms with Crippen LogP contribution in [0.3, 0.4) is 0 Å². The highest BCUT2D eigenvalue weighted by Crippen LogP contribution is 2.25. The third-order valence-corrected chi connectivity index (χ3v) is 3.63. The lowest BCUT2D eigenvalue weighted by atomic mass is 9.91. The molecule has 2 aromatic rings. The molecule has 18 heavy (non-hydrogen) atoms. The lowest BCUT2D eigenvalue weighted by Crippen LogP contribution is -2.19. The Morgan fingerprint density at radius 3 is 2.44 bits per heavy atom. The number of hydrogen-bond donors (Lipinski definition) is 1. The Morgan fingerprint density at radius 1 is 0.944 bits per heavy atom. The monoisotopic (exact) mass is 241 g/mol. The molecule has 1 atom stereocenters. The average molecular weight is 241 g/mol. The van der Waals surface area contributed by atoms with Gasteiger partial charge in [-0.3, -0.25) is 0 Å². The van der Waals surface area contributed by atoms with E-state index in [0.29, 0.717) is 5.92 Å². The zero-order valence-electron chi connectivity index (χ0n) is 10.2. The number of hydrogen-bond acceptors (Lipinski definition) is 1. The van der Waals surface area contributed by atoms with Crippen molar-refractivity contribution in [2.24, 2.45) is 0 Å². The molecule has 0 radical (unpaired) electrons. The molecule has 1 N–H and O–H groups in total. The van der Waals surface area contributed by atoms with Crippen molar-refractivity contribution < 1.29 is 4.39 Å². The number of nitrogens with one attached hydrogen (secondary N) is 1. The molecule has 92 valence electrons. The standard InChI is InChI=1S/C16H16FN/c17-16-7-5-12(6-8-16)15-9-13-3-1-2-4-14(13)10-18-11-15/h1-8,15,18H,9-11H2. The van der Waals surface area contributed by atoms with Gasteiger partial charge in [-0.1, -0.05) is 36.4 Å². The van der Waals surface area contributed by atoms with Gasteiger partial charge >= 0.3 is 0 Å². The normalized spacial score (nSPS) is 19.1. The van der Waals surface area contributed by atoms with Crippen molar-refractivity contribution in [3.63, 3.8) is 0 Å². The van der Waals surface area contributed by atoms with Crippen LogP contribution < -0.4 is 5.32 Å². The lowest BCUT2D eigenvalue weighted by molar-refractivity contribution is 0.600. The maximum atomic E-state index is 13.0. The van der Waals surface area contributed by atoms with Crippen molar-refractivity contribution in [3.8, 4) is 0 Å². The van der Waals surface area contributed by atoms with E-state index in [1.807, 2.05) is 12.1 Å². The maximum Gasteiger partial charge on any atom is 0.123 e. The summed E-state index contributed by atoms with van der Waals surface area (Å²) in [7, 11) is 0. The Balaban J connectivity index is 1.89. The molecular formula is C16H16FN. The second-order valence-electron chi connectivity index (χ2n) is 4.85. The summed E-state index contributed by atoms with van der Waals surface area (Å²) in [4.78, 5) is 0. The van der Waals surface area contributed by atoms with Crippen LogP contribution in [0, 0.1) is 5.82 Å². The van der Waals surface area contributed by atoms with Gasteiger partial charge in [0.25, 0.3) is 0 Å². The Kier molecular flexibility index (Phi) is 3.11. The molecule has 0 aromatic heterocycles. The highest BCUT2D eigenvalue weighted by atomic mass is 19.1. The smallest absolute Gasteiger partial charge is 0.123 e. The van der Waals surface area contributed by atoms with Gasteiger partial charge in [-0.15, -0.1) is 0 Å². The van der Waals surface area contributed by atoms with Crippen LogP contribution in [0.1, 0.15) is 22.6 Å². The maximum absolute atomic E-state index is 13.0. The summed E-state index contributed by atoms with van der Waals surface area (Å²) in [6.45, 7) is 1.87. The molecule has 1 unspecified atom stereocenters. The summed E-state index contributed by atoms with van der Waals surface area (Å²) < 4.78 is 13.0. The first-order chi connectivity index (χ1) is 8.83. The van der Waals surface area contributed by atoms with Crippen molar-refractivity contribution in [2.75, 3.05) is 6.54 Å². The molecule has 0 saturated heterocycles. The van der Waals surface area contributed by atoms with E-state index in [0.717, 1.165) is 19.5 Å². The first kappa shape index (κ1) is 11.4. The fraction of sp³-hybridized carbons (Fsp3) is 0.250. The molecule has 1 heterocycles. The lowest BCUT2D eigenvalue weighted by Gasteiger charge is -2.15. The second-order valence-corrected chi connectivity index (χ2v) is 4.85. The number of rotatable bonds is 1. The molecule has 2 aromatic carbocycles. The predicted octanol–water partition coefficient (Wildman–Crippen LogP) is 3.26. The minimum absolute atomic E-state index is 0.166. The van der Waals surface area contributed by atoms with Crippen LogP contribution in [-0.2, 0) is 13.0 Å². The Bertz CT molecular complexity index is 533. The van der Waals surface area contributed by atoms with Gasteiger partial charge in [0, 0.05) is 19.0 Å². The van der Waals surface area contributed by atoms with Crippen LogP contribution in [-0.4, -0.2) is 6.54 Å². The summed E-state index contributed by atoms with van der Waals surface area (Å²) >= 11 is 0. The van der Waals surface area contributed by atoms with Crippen LogP contribution >= 0.6 is 0 Å². The van der Waals surface area contributed by atoms with Crippen LogP contribution in [0.25, 0.3) is 0 Å². The van der Waals surface area contributed by atoms with Crippen LogP contribution in [0.15, 0.2) is 48.5 Å². The predicted molar refractivity (Wildman–Crippen MR) is 71.0 cm³/mol. The second kappa shape index (κ2) is 4.91. The van der Waals surface area contributed by atoms with Gasteiger partial charge in [0.15, 0.2) is 0 Å². The fourth-order valence-electron chi connectivity index (χ4n) is 2.62. The third kappa shape index (κ3) is 2.29. The zero-order valence-corrected chi connectivity index (χ0v) is 10.2. The number of benzene rings is 2. The van der Waals surface area contributed by atoms with Crippen molar-refractivity contribution in [2.45, 2.75) is 18.9 Å². The molecule has 0 saturated carbocycles. The highest BCUT2D eigenvalue weighted by molar-refractivity contribution is 5.32. The molecule has 0 aliphatic carbocycles. The average Bonchev–Trinajstić information content (AvgIpc) is 2.61. The fourth-order valence-corrected chi connectivity index (χ4v) is 2.62. The quantitative estimate of drug-likeness (QED) is 0.808. The van der Waals surface area contributed by atoms with Gasteiger partial charge in [0.2, 0.25) is 0 Å². The summed E-state index contributed by atoms with van der Waals surface area (Å²) in [6.07, 6.45) is 1.02. The third-order valence-electron chi connectivity index (χ3n) is 3.63. The molecular weight excluding hydrogens is 225 g/mol. The van der Waals surface area contributed by atoms with Crippen molar-refractivity contribution in [1.29, 1.82) is 0 Å². The van der Waals surface area contributed by atoms with Gasteiger partial charge < -0.3 is 5.32 Å².